The highest BCUT2D eigenvalue weighted by Crippen LogP contribution is 2.32. The highest BCUT2D eigenvalue weighted by molar-refractivity contribution is 5.71. The molecule has 0 aromatic carbocycles. The van der Waals surface area contributed by atoms with E-state index in [-0.39, 0.29) is 17.8 Å². The predicted octanol–water partition coefficient (Wildman–Crippen LogP) is 1.32. The maximum absolute atomic E-state index is 10.7. The minimum Gasteiger partial charge on any atom is -0.481 e. The Morgan fingerprint density at radius 2 is 2.17 bits per heavy atom. The molecule has 0 amide bonds. The van der Waals surface area contributed by atoms with Gasteiger partial charge in [0.25, 0.3) is 0 Å². The van der Waals surface area contributed by atoms with Gasteiger partial charge < -0.3 is 9.90 Å². The Labute approximate surface area is 71.8 Å². The Bertz CT molecular complexity index is 188. The number of aldehydes is 1. The van der Waals surface area contributed by atoms with Gasteiger partial charge in [-0.05, 0) is 25.2 Å². The van der Waals surface area contributed by atoms with E-state index in [0.717, 1.165) is 19.1 Å². The standard InChI is InChI=1S/C9H14O3/c1-6-2-3-7(5-10)4-8(6)9(11)12/h5-8H,2-4H2,1H3,(H,11,12)/t6-,7+,8?/m0/s1. The first-order chi connectivity index (χ1) is 5.65. The van der Waals surface area contributed by atoms with Gasteiger partial charge in [0.15, 0.2) is 0 Å². The van der Waals surface area contributed by atoms with Gasteiger partial charge in [-0.1, -0.05) is 6.92 Å². The van der Waals surface area contributed by atoms with Crippen molar-refractivity contribution in [2.75, 3.05) is 0 Å². The minimum absolute atomic E-state index is 0.0256. The average Bonchev–Trinajstić information content (AvgIpc) is 2.05. The largest absolute Gasteiger partial charge is 0.481 e. The van der Waals surface area contributed by atoms with Crippen molar-refractivity contribution in [2.45, 2.75) is 26.2 Å². The zero-order valence-corrected chi connectivity index (χ0v) is 7.19. The third-order valence-electron chi connectivity index (χ3n) is 2.75. The zero-order valence-electron chi connectivity index (χ0n) is 7.19. The van der Waals surface area contributed by atoms with E-state index in [1.54, 1.807) is 0 Å². The number of hydrogen-bond acceptors (Lipinski definition) is 2. The third kappa shape index (κ3) is 1.84. The van der Waals surface area contributed by atoms with Crippen molar-refractivity contribution >= 4 is 12.3 Å². The Balaban J connectivity index is 2.58. The van der Waals surface area contributed by atoms with Crippen molar-refractivity contribution in [3.8, 4) is 0 Å². The smallest absolute Gasteiger partial charge is 0.306 e. The third-order valence-corrected chi connectivity index (χ3v) is 2.75. The molecule has 1 saturated carbocycles. The van der Waals surface area contributed by atoms with Crippen LogP contribution in [0.4, 0.5) is 0 Å². The predicted molar refractivity (Wildman–Crippen MR) is 43.7 cm³/mol. The molecule has 3 nitrogen and oxygen atoms in total. The van der Waals surface area contributed by atoms with Crippen LogP contribution in [0.25, 0.3) is 0 Å². The molecular formula is C9H14O3. The fourth-order valence-corrected chi connectivity index (χ4v) is 1.82. The monoisotopic (exact) mass is 170 g/mol. The lowest BCUT2D eigenvalue weighted by atomic mass is 9.75. The number of hydrogen-bond donors (Lipinski definition) is 1. The molecule has 0 aromatic rings. The summed E-state index contributed by atoms with van der Waals surface area (Å²) in [7, 11) is 0. The number of aliphatic carboxylic acids is 1. The molecule has 12 heavy (non-hydrogen) atoms. The van der Waals surface area contributed by atoms with Gasteiger partial charge in [0.1, 0.15) is 6.29 Å². The van der Waals surface area contributed by atoms with Crippen LogP contribution in [0, 0.1) is 17.8 Å². The fourth-order valence-electron chi connectivity index (χ4n) is 1.82. The first-order valence-electron chi connectivity index (χ1n) is 4.33. The summed E-state index contributed by atoms with van der Waals surface area (Å²) in [5.41, 5.74) is 0. The molecule has 0 bridgehead atoms. The van der Waals surface area contributed by atoms with Gasteiger partial charge in [0, 0.05) is 5.92 Å². The molecule has 1 fully saturated rings. The molecule has 0 radical (unpaired) electrons. The van der Waals surface area contributed by atoms with Crippen LogP contribution in [-0.2, 0) is 9.59 Å². The highest BCUT2D eigenvalue weighted by atomic mass is 16.4. The summed E-state index contributed by atoms with van der Waals surface area (Å²) in [5.74, 6) is -0.871. The lowest BCUT2D eigenvalue weighted by Gasteiger charge is -2.28. The normalized spacial score (nSPS) is 35.9. The second-order valence-electron chi connectivity index (χ2n) is 3.63. The van der Waals surface area contributed by atoms with Crippen LogP contribution in [0.3, 0.4) is 0 Å². The molecule has 0 heterocycles. The van der Waals surface area contributed by atoms with Crippen molar-refractivity contribution in [3.05, 3.63) is 0 Å². The molecule has 3 atom stereocenters. The summed E-state index contributed by atoms with van der Waals surface area (Å²) in [6, 6.07) is 0. The van der Waals surface area contributed by atoms with Crippen LogP contribution in [0.5, 0.6) is 0 Å². The van der Waals surface area contributed by atoms with Crippen molar-refractivity contribution in [3.63, 3.8) is 0 Å². The summed E-state index contributed by atoms with van der Waals surface area (Å²) >= 11 is 0. The number of carboxylic acids is 1. The Hall–Kier alpha value is -0.860. The summed E-state index contributed by atoms with van der Waals surface area (Å²) in [6.45, 7) is 1.94. The van der Waals surface area contributed by atoms with E-state index in [0.29, 0.717) is 6.42 Å². The number of carbonyl (C=O) groups excluding carboxylic acids is 1. The van der Waals surface area contributed by atoms with Gasteiger partial charge >= 0.3 is 5.97 Å². The molecule has 0 spiro atoms. The number of carboxylic acid groups (broad SMARTS) is 1. The van der Waals surface area contributed by atoms with Gasteiger partial charge in [-0.2, -0.15) is 0 Å². The van der Waals surface area contributed by atoms with Crippen molar-refractivity contribution in [1.29, 1.82) is 0 Å². The van der Waals surface area contributed by atoms with E-state index in [1.165, 1.54) is 0 Å². The molecule has 0 saturated heterocycles. The van der Waals surface area contributed by atoms with E-state index < -0.39 is 5.97 Å². The Morgan fingerprint density at radius 1 is 1.50 bits per heavy atom. The number of rotatable bonds is 2. The SMILES string of the molecule is C[C@H]1CC[C@@H](C=O)CC1C(=O)O. The van der Waals surface area contributed by atoms with E-state index in [9.17, 15) is 9.59 Å². The molecule has 1 unspecified atom stereocenters. The molecule has 1 aliphatic rings. The topological polar surface area (TPSA) is 54.4 Å². The molecule has 68 valence electrons. The fraction of sp³-hybridized carbons (Fsp3) is 0.778. The van der Waals surface area contributed by atoms with Crippen LogP contribution < -0.4 is 0 Å². The highest BCUT2D eigenvalue weighted by Gasteiger charge is 2.32. The maximum atomic E-state index is 10.7. The Morgan fingerprint density at radius 3 is 2.67 bits per heavy atom. The van der Waals surface area contributed by atoms with Crippen LogP contribution in [0.15, 0.2) is 0 Å². The molecule has 3 heteroatoms. The van der Waals surface area contributed by atoms with Crippen LogP contribution in [0.2, 0.25) is 0 Å². The van der Waals surface area contributed by atoms with Gasteiger partial charge in [-0.25, -0.2) is 0 Å². The molecular weight excluding hydrogens is 156 g/mol. The minimum atomic E-state index is -0.756. The lowest BCUT2D eigenvalue weighted by molar-refractivity contribution is -0.145. The quantitative estimate of drug-likeness (QED) is 0.636. The van der Waals surface area contributed by atoms with Crippen LogP contribution >= 0.6 is 0 Å². The second kappa shape index (κ2) is 3.70. The summed E-state index contributed by atoms with van der Waals surface area (Å²) in [6.07, 6.45) is 3.14. The molecule has 0 aliphatic heterocycles. The van der Waals surface area contributed by atoms with Gasteiger partial charge in [0.05, 0.1) is 5.92 Å². The first-order valence-corrected chi connectivity index (χ1v) is 4.33. The summed E-state index contributed by atoms with van der Waals surface area (Å²) in [5, 5.41) is 8.81. The van der Waals surface area contributed by atoms with Crippen LogP contribution in [-0.4, -0.2) is 17.4 Å². The Kier molecular flexibility index (Phi) is 2.84. The lowest BCUT2D eigenvalue weighted by Crippen LogP contribution is -2.29. The summed E-state index contributed by atoms with van der Waals surface area (Å²) < 4.78 is 0. The molecule has 1 aliphatic carbocycles. The first kappa shape index (κ1) is 9.23. The van der Waals surface area contributed by atoms with Gasteiger partial charge in [-0.3, -0.25) is 4.79 Å². The molecule has 0 aromatic heterocycles. The molecule has 1 rings (SSSR count). The molecule has 1 N–H and O–H groups in total. The van der Waals surface area contributed by atoms with E-state index in [2.05, 4.69) is 0 Å². The zero-order chi connectivity index (χ0) is 9.14. The van der Waals surface area contributed by atoms with Gasteiger partial charge in [-0.15, -0.1) is 0 Å². The number of carbonyl (C=O) groups is 2. The van der Waals surface area contributed by atoms with Gasteiger partial charge in [0.2, 0.25) is 0 Å². The van der Waals surface area contributed by atoms with Crippen molar-refractivity contribution in [2.24, 2.45) is 17.8 Å². The van der Waals surface area contributed by atoms with E-state index >= 15 is 0 Å². The van der Waals surface area contributed by atoms with E-state index in [4.69, 9.17) is 5.11 Å². The average molecular weight is 170 g/mol. The second-order valence-corrected chi connectivity index (χ2v) is 3.63. The van der Waals surface area contributed by atoms with Crippen molar-refractivity contribution in [1.82, 2.24) is 0 Å². The summed E-state index contributed by atoms with van der Waals surface area (Å²) in [4.78, 5) is 21.2. The van der Waals surface area contributed by atoms with Crippen molar-refractivity contribution < 1.29 is 14.7 Å². The van der Waals surface area contributed by atoms with E-state index in [1.807, 2.05) is 6.92 Å². The van der Waals surface area contributed by atoms with Crippen LogP contribution in [0.1, 0.15) is 26.2 Å². The maximum Gasteiger partial charge on any atom is 0.306 e.